The Bertz CT molecular complexity index is 770. The molecule has 3 aliphatic carbocycles. The number of rotatable bonds is 4. The number of fused-ring (bicyclic) bond motifs is 1. The van der Waals surface area contributed by atoms with Crippen LogP contribution in [0.1, 0.15) is 58.8 Å². The molecule has 0 aliphatic heterocycles. The number of allylic oxidation sites excluding steroid dienone is 2. The van der Waals surface area contributed by atoms with Crippen molar-refractivity contribution >= 4 is 12.0 Å². The summed E-state index contributed by atoms with van der Waals surface area (Å²) < 4.78 is 2.07. The third-order valence-corrected chi connectivity index (χ3v) is 8.85. The van der Waals surface area contributed by atoms with Crippen molar-refractivity contribution in [3.8, 4) is 0 Å². The Morgan fingerprint density at radius 3 is 2.75 bits per heavy atom. The Hall–Kier alpha value is -1.68. The first kappa shape index (κ1) is 19.6. The first-order valence-corrected chi connectivity index (χ1v) is 10.8. The largest absolute Gasteiger partial charge is 0.393 e. The van der Waals surface area contributed by atoms with Crippen LogP contribution in [0, 0.1) is 34.5 Å². The fraction of sp³-hybridized carbons (Fsp3) is 0.667. The van der Waals surface area contributed by atoms with Crippen LogP contribution in [0.25, 0.3) is 5.70 Å². The number of carbonyl (C=O) groups excluding carboxylic acids is 1. The van der Waals surface area contributed by atoms with Crippen molar-refractivity contribution in [3.63, 3.8) is 0 Å². The summed E-state index contributed by atoms with van der Waals surface area (Å²) in [5.74, 6) is 1.10. The maximum Gasteiger partial charge on any atom is 0.123 e. The van der Waals surface area contributed by atoms with Crippen molar-refractivity contribution in [1.82, 2.24) is 9.55 Å². The number of imidazole rings is 1. The SMILES string of the molecule is C=C([C@H]1C2CCC(=C)[C@@]2(C)CCC1[C@@]1(C)CC[C@H](O)C[C@@H]1C=O)n1ccnc1. The van der Waals surface area contributed by atoms with Gasteiger partial charge in [0, 0.05) is 29.9 Å². The van der Waals surface area contributed by atoms with Crippen LogP contribution in [0.15, 0.2) is 37.5 Å². The smallest absolute Gasteiger partial charge is 0.123 e. The zero-order valence-electron chi connectivity index (χ0n) is 17.3. The molecule has 0 radical (unpaired) electrons. The van der Waals surface area contributed by atoms with Crippen molar-refractivity contribution in [2.75, 3.05) is 0 Å². The number of hydrogen-bond donors (Lipinski definition) is 1. The highest BCUT2D eigenvalue weighted by atomic mass is 16.3. The zero-order valence-corrected chi connectivity index (χ0v) is 17.3. The van der Waals surface area contributed by atoms with Gasteiger partial charge in [-0.05, 0) is 67.6 Å². The zero-order chi connectivity index (χ0) is 20.1. The van der Waals surface area contributed by atoms with Gasteiger partial charge in [-0.2, -0.15) is 0 Å². The van der Waals surface area contributed by atoms with E-state index in [0.29, 0.717) is 24.2 Å². The Balaban J connectivity index is 1.76. The Labute approximate surface area is 168 Å². The van der Waals surface area contributed by atoms with Crippen molar-refractivity contribution in [3.05, 3.63) is 37.5 Å². The number of aliphatic hydroxyl groups is 1. The first-order chi connectivity index (χ1) is 13.3. The van der Waals surface area contributed by atoms with Gasteiger partial charge < -0.3 is 14.5 Å². The fourth-order valence-corrected chi connectivity index (χ4v) is 6.87. The summed E-state index contributed by atoms with van der Waals surface area (Å²) in [5.41, 5.74) is 2.55. The van der Waals surface area contributed by atoms with E-state index in [9.17, 15) is 9.90 Å². The number of aldehydes is 1. The lowest BCUT2D eigenvalue weighted by atomic mass is 9.49. The van der Waals surface area contributed by atoms with E-state index in [4.69, 9.17) is 0 Å². The van der Waals surface area contributed by atoms with Crippen LogP contribution in [0.3, 0.4) is 0 Å². The van der Waals surface area contributed by atoms with E-state index in [0.717, 1.165) is 50.5 Å². The lowest BCUT2D eigenvalue weighted by molar-refractivity contribution is -0.125. The molecule has 3 saturated carbocycles. The van der Waals surface area contributed by atoms with E-state index < -0.39 is 0 Å². The Morgan fingerprint density at radius 1 is 1.29 bits per heavy atom. The molecule has 4 rings (SSSR count). The average Bonchev–Trinajstić information content (AvgIpc) is 3.31. The number of nitrogens with zero attached hydrogens (tertiary/aromatic N) is 2. The van der Waals surface area contributed by atoms with Gasteiger partial charge in [0.1, 0.15) is 6.29 Å². The molecule has 0 amide bonds. The molecule has 4 nitrogen and oxygen atoms in total. The molecule has 7 atom stereocenters. The summed E-state index contributed by atoms with van der Waals surface area (Å²) in [6.45, 7) is 13.6. The van der Waals surface area contributed by atoms with Crippen LogP contribution in [-0.2, 0) is 4.79 Å². The molecule has 0 aromatic carbocycles. The van der Waals surface area contributed by atoms with Crippen LogP contribution in [0.4, 0.5) is 0 Å². The topological polar surface area (TPSA) is 55.1 Å². The van der Waals surface area contributed by atoms with Gasteiger partial charge in [-0.3, -0.25) is 0 Å². The van der Waals surface area contributed by atoms with Gasteiger partial charge in [0.2, 0.25) is 0 Å². The lowest BCUT2D eigenvalue weighted by Gasteiger charge is -2.56. The molecule has 0 spiro atoms. The summed E-state index contributed by atoms with van der Waals surface area (Å²) >= 11 is 0. The molecule has 1 aromatic heterocycles. The summed E-state index contributed by atoms with van der Waals surface area (Å²) in [7, 11) is 0. The Morgan fingerprint density at radius 2 is 2.07 bits per heavy atom. The Kier molecular flexibility index (Phi) is 4.89. The fourth-order valence-electron chi connectivity index (χ4n) is 6.87. The third kappa shape index (κ3) is 2.83. The van der Waals surface area contributed by atoms with E-state index in [1.54, 1.807) is 0 Å². The summed E-state index contributed by atoms with van der Waals surface area (Å²) in [6.07, 6.45) is 13.1. The lowest BCUT2D eigenvalue weighted by Crippen LogP contribution is -2.51. The molecule has 2 unspecified atom stereocenters. The molecule has 3 fully saturated rings. The van der Waals surface area contributed by atoms with E-state index in [1.165, 1.54) is 5.57 Å². The van der Waals surface area contributed by atoms with Gasteiger partial charge in [-0.25, -0.2) is 4.98 Å². The minimum absolute atomic E-state index is 0.0895. The maximum absolute atomic E-state index is 12.0. The minimum Gasteiger partial charge on any atom is -0.393 e. The summed E-state index contributed by atoms with van der Waals surface area (Å²) in [6, 6.07) is 0. The van der Waals surface area contributed by atoms with Crippen molar-refractivity contribution in [2.24, 2.45) is 34.5 Å². The predicted octanol–water partition coefficient (Wildman–Crippen LogP) is 4.72. The second kappa shape index (κ2) is 6.98. The highest BCUT2D eigenvalue weighted by Crippen LogP contribution is 2.65. The second-order valence-corrected chi connectivity index (χ2v) is 9.98. The molecule has 1 N–H and O–H groups in total. The number of hydrogen-bond acceptors (Lipinski definition) is 3. The van der Waals surface area contributed by atoms with E-state index >= 15 is 0 Å². The average molecular weight is 383 g/mol. The molecule has 1 heterocycles. The van der Waals surface area contributed by atoms with E-state index in [1.807, 2.05) is 18.7 Å². The van der Waals surface area contributed by atoms with Gasteiger partial charge in [0.05, 0.1) is 12.4 Å². The van der Waals surface area contributed by atoms with Crippen LogP contribution in [0.2, 0.25) is 0 Å². The monoisotopic (exact) mass is 382 g/mol. The second-order valence-electron chi connectivity index (χ2n) is 9.98. The molecule has 28 heavy (non-hydrogen) atoms. The van der Waals surface area contributed by atoms with Crippen molar-refractivity contribution in [1.29, 1.82) is 0 Å². The highest BCUT2D eigenvalue weighted by molar-refractivity contribution is 5.56. The van der Waals surface area contributed by atoms with Crippen molar-refractivity contribution in [2.45, 2.75) is 64.9 Å². The van der Waals surface area contributed by atoms with Gasteiger partial charge >= 0.3 is 0 Å². The molecule has 0 bridgehead atoms. The minimum atomic E-state index is -0.348. The van der Waals surface area contributed by atoms with E-state index in [2.05, 4.69) is 36.6 Å². The van der Waals surface area contributed by atoms with Gasteiger partial charge in [0.25, 0.3) is 0 Å². The standard InChI is InChI=1S/C24H34N2O2/c1-16-5-6-20-22(17(2)26-12-11-25-15-26)21(8-10-23(16,20)3)24(4)9-7-19(28)13-18(24)14-27/h11-12,14-15,18-22,28H,1-2,5-10,13H2,3-4H3/t18-,19+,20?,21?,22+,23-,24+/m1/s1. The summed E-state index contributed by atoms with van der Waals surface area (Å²) in [5, 5.41) is 10.2. The highest BCUT2D eigenvalue weighted by Gasteiger charge is 2.57. The van der Waals surface area contributed by atoms with Gasteiger partial charge in [0.15, 0.2) is 0 Å². The number of aromatic nitrogens is 2. The normalized spacial score (nSPS) is 43.5. The third-order valence-electron chi connectivity index (χ3n) is 8.85. The number of aliphatic hydroxyl groups excluding tert-OH is 1. The van der Waals surface area contributed by atoms with Gasteiger partial charge in [-0.15, -0.1) is 0 Å². The molecule has 1 aromatic rings. The van der Waals surface area contributed by atoms with Crippen LogP contribution < -0.4 is 0 Å². The van der Waals surface area contributed by atoms with E-state index in [-0.39, 0.29) is 22.9 Å². The molecule has 4 heteroatoms. The quantitative estimate of drug-likeness (QED) is 0.606. The molecular formula is C24H34N2O2. The van der Waals surface area contributed by atoms with Crippen molar-refractivity contribution < 1.29 is 9.90 Å². The molecule has 3 aliphatic rings. The first-order valence-electron chi connectivity index (χ1n) is 10.8. The molecular weight excluding hydrogens is 348 g/mol. The van der Waals surface area contributed by atoms with Crippen LogP contribution >= 0.6 is 0 Å². The summed E-state index contributed by atoms with van der Waals surface area (Å²) in [4.78, 5) is 16.3. The van der Waals surface area contributed by atoms with Crippen LogP contribution in [0.5, 0.6) is 0 Å². The molecule has 0 saturated heterocycles. The predicted molar refractivity (Wildman–Crippen MR) is 111 cm³/mol. The number of carbonyl (C=O) groups is 1. The maximum atomic E-state index is 12.0. The molecule has 152 valence electrons. The van der Waals surface area contributed by atoms with Crippen LogP contribution in [-0.4, -0.2) is 27.0 Å². The van der Waals surface area contributed by atoms with Gasteiger partial charge in [-0.1, -0.05) is 32.6 Å².